The Morgan fingerprint density at radius 3 is 2.29 bits per heavy atom. The summed E-state index contributed by atoms with van der Waals surface area (Å²) >= 11 is 1.43. The average molecular weight is 301 g/mol. The molecule has 0 amide bonds. The summed E-state index contributed by atoms with van der Waals surface area (Å²) in [6, 6.07) is 2.78. The number of hydrogen-bond acceptors (Lipinski definition) is 6. The maximum Gasteiger partial charge on any atom is 0.294 e. The molecule has 0 spiro atoms. The van der Waals surface area contributed by atoms with Crippen LogP contribution in [0.25, 0.3) is 0 Å². The Labute approximate surface area is 115 Å². The molecule has 1 rings (SSSR count). The molecule has 98 valence electrons. The molecule has 0 bridgehead atoms. The number of nitro groups is 1. The second-order valence-corrected chi connectivity index (χ2v) is 3.98. The summed E-state index contributed by atoms with van der Waals surface area (Å²) in [5.74, 6) is 0.696. The summed E-state index contributed by atoms with van der Waals surface area (Å²) in [6.45, 7) is 0.515. The molecule has 0 radical (unpaired) electrons. The highest BCUT2D eigenvalue weighted by atomic mass is 35.5. The van der Waals surface area contributed by atoms with Crippen LogP contribution in [0.1, 0.15) is 0 Å². The predicted molar refractivity (Wildman–Crippen MR) is 76.2 cm³/mol. The van der Waals surface area contributed by atoms with Crippen LogP contribution < -0.4 is 17.2 Å². The Morgan fingerprint density at radius 1 is 1.24 bits per heavy atom. The first-order valence-corrected chi connectivity index (χ1v) is 5.21. The first-order chi connectivity index (χ1) is 7.06. The molecule has 0 fully saturated rings. The van der Waals surface area contributed by atoms with Crippen molar-refractivity contribution >= 4 is 53.6 Å². The molecule has 0 heterocycles. The van der Waals surface area contributed by atoms with Crippen LogP contribution in [0.2, 0.25) is 0 Å². The van der Waals surface area contributed by atoms with E-state index in [-0.39, 0.29) is 36.2 Å². The van der Waals surface area contributed by atoms with Crippen molar-refractivity contribution in [3.8, 4) is 0 Å². The molecular formula is C8H14Cl2N4O2S. The normalized spacial score (nSPS) is 9.00. The zero-order valence-corrected chi connectivity index (χ0v) is 11.2. The molecule has 0 aromatic heterocycles. The van der Waals surface area contributed by atoms with Crippen molar-refractivity contribution in [2.45, 2.75) is 4.90 Å². The number of halogens is 2. The molecule has 0 atom stereocenters. The van der Waals surface area contributed by atoms with Gasteiger partial charge >= 0.3 is 0 Å². The third-order valence-corrected chi connectivity index (χ3v) is 2.84. The highest BCUT2D eigenvalue weighted by molar-refractivity contribution is 7.99. The zero-order chi connectivity index (χ0) is 11.4. The second kappa shape index (κ2) is 8.24. The van der Waals surface area contributed by atoms with Crippen LogP contribution in [0.3, 0.4) is 0 Å². The second-order valence-electron chi connectivity index (χ2n) is 2.84. The number of thioether (sulfide) groups is 1. The molecule has 6 nitrogen and oxygen atoms in total. The largest absolute Gasteiger partial charge is 0.398 e. The number of benzene rings is 1. The lowest BCUT2D eigenvalue weighted by Gasteiger charge is -2.06. The summed E-state index contributed by atoms with van der Waals surface area (Å²) in [4.78, 5) is 10.7. The molecule has 17 heavy (non-hydrogen) atoms. The highest BCUT2D eigenvalue weighted by Gasteiger charge is 2.14. The predicted octanol–water partition coefficient (Wildman–Crippen LogP) is 1.65. The van der Waals surface area contributed by atoms with Crippen LogP contribution >= 0.6 is 36.6 Å². The van der Waals surface area contributed by atoms with E-state index in [1.807, 2.05) is 0 Å². The van der Waals surface area contributed by atoms with Crippen LogP contribution in [0.5, 0.6) is 0 Å². The van der Waals surface area contributed by atoms with E-state index >= 15 is 0 Å². The van der Waals surface area contributed by atoms with E-state index in [0.29, 0.717) is 18.0 Å². The Kier molecular flexibility index (Phi) is 8.95. The lowest BCUT2D eigenvalue weighted by atomic mass is 10.2. The lowest BCUT2D eigenvalue weighted by molar-refractivity contribution is -0.383. The van der Waals surface area contributed by atoms with E-state index in [2.05, 4.69) is 0 Å². The minimum absolute atomic E-state index is 0. The Balaban J connectivity index is 0. The third kappa shape index (κ3) is 4.86. The van der Waals surface area contributed by atoms with Gasteiger partial charge in [0.15, 0.2) is 0 Å². The van der Waals surface area contributed by atoms with Gasteiger partial charge in [0.05, 0.1) is 10.6 Å². The van der Waals surface area contributed by atoms with Crippen LogP contribution in [-0.2, 0) is 0 Å². The van der Waals surface area contributed by atoms with Gasteiger partial charge in [0.1, 0.15) is 5.69 Å². The molecule has 1 aromatic rings. The van der Waals surface area contributed by atoms with Gasteiger partial charge < -0.3 is 17.2 Å². The number of nitro benzene ring substituents is 1. The minimum atomic E-state index is -0.553. The van der Waals surface area contributed by atoms with Crippen molar-refractivity contribution < 1.29 is 4.92 Å². The summed E-state index contributed by atoms with van der Waals surface area (Å²) in [5, 5.41) is 10.5. The van der Waals surface area contributed by atoms with Crippen LogP contribution in [0, 0.1) is 10.1 Å². The van der Waals surface area contributed by atoms with E-state index in [4.69, 9.17) is 17.2 Å². The molecule has 0 aliphatic heterocycles. The smallest absolute Gasteiger partial charge is 0.294 e. The van der Waals surface area contributed by atoms with Gasteiger partial charge in [-0.15, -0.1) is 36.6 Å². The maximum absolute atomic E-state index is 10.5. The van der Waals surface area contributed by atoms with Crippen molar-refractivity contribution in [1.29, 1.82) is 0 Å². The van der Waals surface area contributed by atoms with E-state index < -0.39 is 4.92 Å². The molecule has 0 aliphatic carbocycles. The molecule has 6 N–H and O–H groups in total. The average Bonchev–Trinajstić information content (AvgIpc) is 2.18. The fourth-order valence-electron chi connectivity index (χ4n) is 1.05. The van der Waals surface area contributed by atoms with Gasteiger partial charge in [0.2, 0.25) is 0 Å². The van der Waals surface area contributed by atoms with Gasteiger partial charge in [0, 0.05) is 23.3 Å². The number of hydrogen-bond donors (Lipinski definition) is 3. The van der Waals surface area contributed by atoms with Crippen molar-refractivity contribution in [2.24, 2.45) is 5.73 Å². The van der Waals surface area contributed by atoms with Gasteiger partial charge in [-0.3, -0.25) is 10.1 Å². The van der Waals surface area contributed by atoms with Gasteiger partial charge in [-0.2, -0.15) is 0 Å². The molecule has 0 saturated carbocycles. The molecular weight excluding hydrogens is 287 g/mol. The maximum atomic E-state index is 10.5. The quantitative estimate of drug-likeness (QED) is 0.336. The summed E-state index contributed by atoms with van der Waals surface area (Å²) in [6.07, 6.45) is 0. The summed E-state index contributed by atoms with van der Waals surface area (Å²) in [5.41, 5.74) is 16.8. The molecule has 0 unspecified atom stereocenters. The van der Waals surface area contributed by atoms with Gasteiger partial charge in [-0.1, -0.05) is 0 Å². The molecule has 9 heteroatoms. The number of nitrogens with zero attached hydrogens (tertiary/aromatic N) is 1. The van der Waals surface area contributed by atoms with Gasteiger partial charge in [-0.25, -0.2) is 0 Å². The fourth-order valence-corrected chi connectivity index (χ4v) is 1.83. The zero-order valence-electron chi connectivity index (χ0n) is 8.79. The molecule has 1 aromatic carbocycles. The molecule has 0 aliphatic rings. The monoisotopic (exact) mass is 300 g/mol. The first-order valence-electron chi connectivity index (χ1n) is 4.22. The fraction of sp³-hybridized carbons (Fsp3) is 0.250. The van der Waals surface area contributed by atoms with E-state index in [1.165, 1.54) is 23.9 Å². The number of rotatable bonds is 4. The number of nitrogens with two attached hydrogens (primary N) is 3. The lowest BCUT2D eigenvalue weighted by Crippen LogP contribution is -2.03. The van der Waals surface area contributed by atoms with E-state index in [1.54, 1.807) is 0 Å². The van der Waals surface area contributed by atoms with Crippen LogP contribution in [-0.4, -0.2) is 17.2 Å². The highest BCUT2D eigenvalue weighted by Crippen LogP contribution is 2.33. The van der Waals surface area contributed by atoms with E-state index in [9.17, 15) is 10.1 Å². The van der Waals surface area contributed by atoms with Crippen LogP contribution in [0.4, 0.5) is 17.1 Å². The number of nitrogen functional groups attached to an aromatic ring is 2. The Hall–Kier alpha value is -0.890. The minimum Gasteiger partial charge on any atom is -0.398 e. The van der Waals surface area contributed by atoms with Crippen molar-refractivity contribution in [2.75, 3.05) is 23.8 Å². The van der Waals surface area contributed by atoms with Crippen molar-refractivity contribution in [3.05, 3.63) is 22.2 Å². The first kappa shape index (κ1) is 18.5. The Morgan fingerprint density at radius 2 is 1.82 bits per heavy atom. The van der Waals surface area contributed by atoms with Gasteiger partial charge in [0.25, 0.3) is 5.69 Å². The summed E-state index contributed by atoms with van der Waals surface area (Å²) < 4.78 is 0. The van der Waals surface area contributed by atoms with Gasteiger partial charge in [-0.05, 0) is 6.07 Å². The van der Waals surface area contributed by atoms with E-state index in [0.717, 1.165) is 4.90 Å². The van der Waals surface area contributed by atoms with Crippen molar-refractivity contribution in [3.63, 3.8) is 0 Å². The topological polar surface area (TPSA) is 121 Å². The third-order valence-electron chi connectivity index (χ3n) is 1.73. The number of anilines is 2. The SMILES string of the molecule is Cl.Cl.NCCSc1cc(N)c([N+](=O)[O-])cc1N. The molecule has 0 saturated heterocycles. The standard InChI is InChI=1S/C8H12N4O2S.2ClH/c9-1-2-15-8-4-5(10)7(12(13)14)3-6(8)11;;/h3-4H,1-2,9-11H2;2*1H. The Bertz CT molecular complexity index is 392. The summed E-state index contributed by atoms with van der Waals surface area (Å²) in [7, 11) is 0. The van der Waals surface area contributed by atoms with Crippen molar-refractivity contribution in [1.82, 2.24) is 0 Å². The van der Waals surface area contributed by atoms with Crippen LogP contribution in [0.15, 0.2) is 17.0 Å².